The van der Waals surface area contributed by atoms with Crippen LogP contribution in [-0.2, 0) is 0 Å². The molecule has 0 heterocycles. The van der Waals surface area contributed by atoms with Gasteiger partial charge in [0.2, 0.25) is 0 Å². The zero-order chi connectivity index (χ0) is 12.4. The number of halogens is 1. The molecule has 4 atom stereocenters. The molecular weight excluding hydrogens is 233 g/mol. The van der Waals surface area contributed by atoms with Gasteiger partial charge in [0.15, 0.2) is 0 Å². The Morgan fingerprint density at radius 3 is 2.41 bits per heavy atom. The van der Waals surface area contributed by atoms with Crippen molar-refractivity contribution in [3.8, 4) is 0 Å². The molecule has 2 N–H and O–H groups in total. The largest absolute Gasteiger partial charge is 0.327 e. The van der Waals surface area contributed by atoms with Crippen LogP contribution >= 0.6 is 11.8 Å². The normalized spacial score (nSPS) is 33.6. The molecule has 0 saturated heterocycles. The van der Waals surface area contributed by atoms with Crippen molar-refractivity contribution in [2.45, 2.75) is 42.9 Å². The summed E-state index contributed by atoms with van der Waals surface area (Å²) in [5.41, 5.74) is 6.24. The van der Waals surface area contributed by atoms with Gasteiger partial charge in [-0.2, -0.15) is 0 Å². The molecule has 1 aromatic carbocycles. The number of nitrogens with two attached hydrogens (primary N) is 1. The molecule has 1 aromatic rings. The molecule has 17 heavy (non-hydrogen) atoms. The molecule has 1 aliphatic rings. The molecule has 0 bridgehead atoms. The maximum absolute atomic E-state index is 12.8. The van der Waals surface area contributed by atoms with E-state index in [0.29, 0.717) is 11.2 Å². The van der Waals surface area contributed by atoms with Gasteiger partial charge in [-0.1, -0.05) is 13.8 Å². The standard InChI is InChI=1S/C14H20FNS/c1-9-7-10(2)14(13(16)8-9)17-12-5-3-11(15)4-6-12/h3-6,9-10,13-14H,7-8,16H2,1-2H3. The summed E-state index contributed by atoms with van der Waals surface area (Å²) in [6, 6.07) is 6.98. The summed E-state index contributed by atoms with van der Waals surface area (Å²) < 4.78 is 12.8. The molecule has 1 nitrogen and oxygen atoms in total. The van der Waals surface area contributed by atoms with E-state index in [-0.39, 0.29) is 11.9 Å². The quantitative estimate of drug-likeness (QED) is 0.870. The van der Waals surface area contributed by atoms with Crippen molar-refractivity contribution in [3.05, 3.63) is 30.1 Å². The van der Waals surface area contributed by atoms with Crippen LogP contribution < -0.4 is 5.73 Å². The van der Waals surface area contributed by atoms with E-state index in [4.69, 9.17) is 5.73 Å². The first kappa shape index (κ1) is 12.9. The van der Waals surface area contributed by atoms with E-state index >= 15 is 0 Å². The molecule has 1 saturated carbocycles. The Morgan fingerprint density at radius 1 is 1.18 bits per heavy atom. The molecule has 3 heteroatoms. The second kappa shape index (κ2) is 5.40. The van der Waals surface area contributed by atoms with Crippen LogP contribution in [0.1, 0.15) is 26.7 Å². The lowest BCUT2D eigenvalue weighted by Gasteiger charge is -2.37. The van der Waals surface area contributed by atoms with Crippen LogP contribution in [0.5, 0.6) is 0 Å². The Bertz CT molecular complexity index is 353. The van der Waals surface area contributed by atoms with Crippen molar-refractivity contribution in [3.63, 3.8) is 0 Å². The predicted molar refractivity (Wildman–Crippen MR) is 71.6 cm³/mol. The minimum atomic E-state index is -0.177. The van der Waals surface area contributed by atoms with Crippen LogP contribution in [0, 0.1) is 17.7 Å². The molecule has 0 spiro atoms. The van der Waals surface area contributed by atoms with Gasteiger partial charge in [0.25, 0.3) is 0 Å². The number of rotatable bonds is 2. The van der Waals surface area contributed by atoms with E-state index in [9.17, 15) is 4.39 Å². The first-order valence-electron chi connectivity index (χ1n) is 6.24. The van der Waals surface area contributed by atoms with Crippen molar-refractivity contribution in [2.24, 2.45) is 17.6 Å². The van der Waals surface area contributed by atoms with Gasteiger partial charge in [-0.3, -0.25) is 0 Å². The van der Waals surface area contributed by atoms with Crippen molar-refractivity contribution < 1.29 is 4.39 Å². The molecule has 0 aromatic heterocycles. The highest BCUT2D eigenvalue weighted by atomic mass is 32.2. The highest BCUT2D eigenvalue weighted by Crippen LogP contribution is 2.38. The number of benzene rings is 1. The lowest BCUT2D eigenvalue weighted by Crippen LogP contribution is -2.42. The average molecular weight is 253 g/mol. The van der Waals surface area contributed by atoms with Crippen molar-refractivity contribution in [1.29, 1.82) is 0 Å². The molecule has 2 rings (SSSR count). The SMILES string of the molecule is CC1CC(C)C(Sc2ccc(F)cc2)C(N)C1. The van der Waals surface area contributed by atoms with Crippen molar-refractivity contribution in [1.82, 2.24) is 0 Å². The third kappa shape index (κ3) is 3.23. The second-order valence-corrected chi connectivity index (χ2v) is 6.51. The van der Waals surface area contributed by atoms with Gasteiger partial charge in [0, 0.05) is 16.2 Å². The topological polar surface area (TPSA) is 26.0 Å². The molecular formula is C14H20FNS. The van der Waals surface area contributed by atoms with E-state index < -0.39 is 0 Å². The van der Waals surface area contributed by atoms with E-state index in [2.05, 4.69) is 13.8 Å². The van der Waals surface area contributed by atoms with Crippen molar-refractivity contribution >= 4 is 11.8 Å². The first-order chi connectivity index (χ1) is 8.06. The fourth-order valence-corrected chi connectivity index (χ4v) is 4.00. The van der Waals surface area contributed by atoms with Gasteiger partial charge in [0.1, 0.15) is 5.82 Å². The highest BCUT2D eigenvalue weighted by molar-refractivity contribution is 8.00. The van der Waals surface area contributed by atoms with Crippen LogP contribution in [0.3, 0.4) is 0 Å². The maximum atomic E-state index is 12.8. The summed E-state index contributed by atoms with van der Waals surface area (Å²) in [6.07, 6.45) is 2.34. The summed E-state index contributed by atoms with van der Waals surface area (Å²) in [6.45, 7) is 4.55. The lowest BCUT2D eigenvalue weighted by molar-refractivity contribution is 0.279. The Morgan fingerprint density at radius 2 is 1.82 bits per heavy atom. The first-order valence-corrected chi connectivity index (χ1v) is 7.12. The smallest absolute Gasteiger partial charge is 0.123 e. The monoisotopic (exact) mass is 253 g/mol. The van der Waals surface area contributed by atoms with Crippen LogP contribution in [0.15, 0.2) is 29.2 Å². The number of hydrogen-bond acceptors (Lipinski definition) is 2. The van der Waals surface area contributed by atoms with Gasteiger partial charge in [-0.25, -0.2) is 4.39 Å². The average Bonchev–Trinajstić information content (AvgIpc) is 2.26. The Balaban J connectivity index is 2.04. The summed E-state index contributed by atoms with van der Waals surface area (Å²) in [7, 11) is 0. The van der Waals surface area contributed by atoms with Gasteiger partial charge in [-0.05, 0) is 48.9 Å². The van der Waals surface area contributed by atoms with Gasteiger partial charge < -0.3 is 5.73 Å². The van der Waals surface area contributed by atoms with E-state index in [1.54, 1.807) is 11.8 Å². The lowest BCUT2D eigenvalue weighted by atomic mass is 9.80. The molecule has 1 aliphatic carbocycles. The zero-order valence-electron chi connectivity index (χ0n) is 10.4. The third-order valence-electron chi connectivity index (χ3n) is 3.52. The van der Waals surface area contributed by atoms with Crippen LogP contribution in [0.25, 0.3) is 0 Å². The Kier molecular flexibility index (Phi) is 4.10. The van der Waals surface area contributed by atoms with Crippen LogP contribution in [0.4, 0.5) is 4.39 Å². The fraction of sp³-hybridized carbons (Fsp3) is 0.571. The van der Waals surface area contributed by atoms with Crippen molar-refractivity contribution in [2.75, 3.05) is 0 Å². The van der Waals surface area contributed by atoms with E-state index in [1.807, 2.05) is 12.1 Å². The predicted octanol–water partition coefficient (Wildman–Crippen LogP) is 3.68. The summed E-state index contributed by atoms with van der Waals surface area (Å²) >= 11 is 1.80. The molecule has 0 radical (unpaired) electrons. The Hall–Kier alpha value is -0.540. The Labute approximate surface area is 107 Å². The fourth-order valence-electron chi connectivity index (χ4n) is 2.76. The molecule has 0 amide bonds. The second-order valence-electron chi connectivity index (χ2n) is 5.25. The maximum Gasteiger partial charge on any atom is 0.123 e. The molecule has 4 unspecified atom stereocenters. The zero-order valence-corrected chi connectivity index (χ0v) is 11.2. The minimum absolute atomic E-state index is 0.177. The summed E-state index contributed by atoms with van der Waals surface area (Å²) in [5, 5.41) is 0.455. The van der Waals surface area contributed by atoms with Gasteiger partial charge in [0.05, 0.1) is 0 Å². The van der Waals surface area contributed by atoms with Gasteiger partial charge >= 0.3 is 0 Å². The summed E-state index contributed by atoms with van der Waals surface area (Å²) in [4.78, 5) is 1.12. The third-order valence-corrected chi connectivity index (χ3v) is 5.15. The van der Waals surface area contributed by atoms with Crippen LogP contribution in [-0.4, -0.2) is 11.3 Å². The van der Waals surface area contributed by atoms with Crippen LogP contribution in [0.2, 0.25) is 0 Å². The van der Waals surface area contributed by atoms with E-state index in [1.165, 1.54) is 18.6 Å². The molecule has 0 aliphatic heterocycles. The molecule has 94 valence electrons. The molecule has 1 fully saturated rings. The number of thioether (sulfide) groups is 1. The highest BCUT2D eigenvalue weighted by Gasteiger charge is 2.32. The van der Waals surface area contributed by atoms with Gasteiger partial charge in [-0.15, -0.1) is 11.8 Å². The van der Waals surface area contributed by atoms with E-state index in [0.717, 1.165) is 17.2 Å². The minimum Gasteiger partial charge on any atom is -0.327 e. The number of hydrogen-bond donors (Lipinski definition) is 1. The summed E-state index contributed by atoms with van der Waals surface area (Å²) in [5.74, 6) is 1.18.